The number of carbonyl (C=O) groups excluding carboxylic acids is 1. The second-order valence-electron chi connectivity index (χ2n) is 9.39. The van der Waals surface area contributed by atoms with Crippen molar-refractivity contribution in [1.29, 1.82) is 0 Å². The number of hydrogen-bond donors (Lipinski definition) is 3. The maximum Gasteiger partial charge on any atom is 0.242 e. The third-order valence-corrected chi connectivity index (χ3v) is 7.45. The summed E-state index contributed by atoms with van der Waals surface area (Å²) < 4.78 is 5.47. The molecule has 2 atom stereocenters. The minimum absolute atomic E-state index is 0.0910. The SMILES string of the molecule is CCCCC12C[NH+]3CC(C)(C[NH+](C1)C3c1c[nH]c3ccc(OC)cc13)C2=O. The van der Waals surface area contributed by atoms with Gasteiger partial charge in [-0.3, -0.25) is 14.6 Å². The Kier molecular flexibility index (Phi) is 3.72. The third-order valence-electron chi connectivity index (χ3n) is 7.45. The number of hydrogen-bond acceptors (Lipinski definition) is 2. The third kappa shape index (κ3) is 2.34. The molecule has 5 heterocycles. The Morgan fingerprint density at radius 1 is 1.22 bits per heavy atom. The van der Waals surface area contributed by atoms with Gasteiger partial charge in [-0.1, -0.05) is 19.8 Å². The fraction of sp³-hybridized carbons (Fsp3) is 0.591. The molecule has 3 N–H and O–H groups in total. The van der Waals surface area contributed by atoms with Crippen molar-refractivity contribution in [2.45, 2.75) is 39.3 Å². The molecule has 2 unspecified atom stereocenters. The van der Waals surface area contributed by atoms with Gasteiger partial charge in [0.1, 0.15) is 42.8 Å². The number of rotatable bonds is 5. The summed E-state index contributed by atoms with van der Waals surface area (Å²) in [7, 11) is 1.73. The standard InChI is InChI=1S/C22H29N3O2/c1-4-5-8-22-13-24-11-21(2,20(22)26)12-25(14-22)19(24)17-10-23-18-7-6-15(27-3)9-16(17)18/h6-7,9-10,19,23H,4-5,8,11-14H2,1-3H3/p+2. The van der Waals surface area contributed by atoms with Crippen molar-refractivity contribution in [2.75, 3.05) is 33.3 Å². The maximum atomic E-state index is 13.4. The zero-order chi connectivity index (χ0) is 18.8. The number of nitrogens with one attached hydrogen (secondary N) is 3. The molecule has 0 radical (unpaired) electrons. The molecule has 4 bridgehead atoms. The average Bonchev–Trinajstić information content (AvgIpc) is 3.06. The van der Waals surface area contributed by atoms with Gasteiger partial charge in [-0.25, -0.2) is 0 Å². The molecule has 0 amide bonds. The summed E-state index contributed by atoms with van der Waals surface area (Å²) >= 11 is 0. The number of piperidine rings is 2. The second-order valence-corrected chi connectivity index (χ2v) is 9.39. The van der Waals surface area contributed by atoms with E-state index >= 15 is 0 Å². The molecule has 0 aliphatic carbocycles. The molecule has 0 spiro atoms. The quantitative estimate of drug-likeness (QED) is 0.728. The van der Waals surface area contributed by atoms with Gasteiger partial charge >= 0.3 is 0 Å². The molecule has 4 aliphatic heterocycles. The van der Waals surface area contributed by atoms with Gasteiger partial charge in [0.25, 0.3) is 0 Å². The van der Waals surface area contributed by atoms with E-state index in [4.69, 9.17) is 4.74 Å². The van der Waals surface area contributed by atoms with E-state index in [2.05, 4.69) is 37.2 Å². The number of unbranched alkanes of at least 4 members (excludes halogenated alkanes) is 1. The Morgan fingerprint density at radius 3 is 2.63 bits per heavy atom. The Hall–Kier alpha value is -1.85. The van der Waals surface area contributed by atoms with Gasteiger partial charge in [0.2, 0.25) is 6.17 Å². The first-order chi connectivity index (χ1) is 13.0. The predicted molar refractivity (Wildman–Crippen MR) is 104 cm³/mol. The number of carbonyl (C=O) groups is 1. The van der Waals surface area contributed by atoms with Gasteiger partial charge in [0.05, 0.1) is 12.7 Å². The predicted octanol–water partition coefficient (Wildman–Crippen LogP) is 0.738. The molecule has 6 rings (SSSR count). The highest BCUT2D eigenvalue weighted by molar-refractivity contribution is 5.92. The van der Waals surface area contributed by atoms with Crippen molar-refractivity contribution in [3.05, 3.63) is 30.0 Å². The number of ether oxygens (including phenoxy) is 1. The minimum atomic E-state index is -0.144. The molecule has 1 aromatic heterocycles. The van der Waals surface area contributed by atoms with Crippen LogP contribution in [0.4, 0.5) is 0 Å². The maximum absolute atomic E-state index is 13.4. The lowest BCUT2D eigenvalue weighted by Gasteiger charge is -2.59. The molecule has 27 heavy (non-hydrogen) atoms. The summed E-state index contributed by atoms with van der Waals surface area (Å²) in [5.74, 6) is 1.47. The van der Waals surface area contributed by atoms with Crippen LogP contribution < -0.4 is 14.5 Å². The van der Waals surface area contributed by atoms with Crippen LogP contribution in [0, 0.1) is 10.8 Å². The van der Waals surface area contributed by atoms with E-state index in [1.54, 1.807) is 16.9 Å². The number of quaternary nitrogens is 2. The number of aromatic nitrogens is 1. The Balaban J connectivity index is 1.55. The van der Waals surface area contributed by atoms with Gasteiger partial charge in [-0.05, 0) is 31.5 Å². The zero-order valence-electron chi connectivity index (χ0n) is 16.7. The lowest BCUT2D eigenvalue weighted by molar-refractivity contribution is -1.18. The molecule has 0 saturated carbocycles. The number of benzene rings is 1. The molecule has 1 aromatic carbocycles. The number of Topliss-reactive ketones (excluding diaryl/α,β-unsaturated/α-hetero) is 1. The summed E-state index contributed by atoms with van der Waals surface area (Å²) in [5.41, 5.74) is 2.32. The lowest BCUT2D eigenvalue weighted by atomic mass is 9.59. The van der Waals surface area contributed by atoms with Crippen LogP contribution in [-0.2, 0) is 4.79 Å². The van der Waals surface area contributed by atoms with Gasteiger partial charge in [0, 0.05) is 17.1 Å². The van der Waals surface area contributed by atoms with E-state index in [9.17, 15) is 4.79 Å². The summed E-state index contributed by atoms with van der Waals surface area (Å²) in [5, 5.41) is 1.27. The van der Waals surface area contributed by atoms with E-state index in [1.807, 2.05) is 6.07 Å². The number of methoxy groups -OCH3 is 1. The summed E-state index contributed by atoms with van der Waals surface area (Å²) in [4.78, 5) is 20.0. The fourth-order valence-electron chi connectivity index (χ4n) is 6.51. The largest absolute Gasteiger partial charge is 0.497 e. The molecule has 4 saturated heterocycles. The highest BCUT2D eigenvalue weighted by atomic mass is 16.5. The summed E-state index contributed by atoms with van der Waals surface area (Å²) in [6.45, 7) is 8.42. The highest BCUT2D eigenvalue weighted by Crippen LogP contribution is 2.40. The molecule has 2 aromatic rings. The Bertz CT molecular complexity index is 886. The van der Waals surface area contributed by atoms with Crippen LogP contribution in [-0.4, -0.2) is 44.1 Å². The van der Waals surface area contributed by atoms with Crippen LogP contribution in [0.5, 0.6) is 5.75 Å². The molecule has 5 nitrogen and oxygen atoms in total. The number of ketones is 1. The van der Waals surface area contributed by atoms with Gasteiger partial charge < -0.3 is 9.72 Å². The summed E-state index contributed by atoms with van der Waals surface area (Å²) in [6.07, 6.45) is 6.01. The van der Waals surface area contributed by atoms with Crippen LogP contribution in [0.2, 0.25) is 0 Å². The highest BCUT2D eigenvalue weighted by Gasteiger charge is 2.69. The fourth-order valence-corrected chi connectivity index (χ4v) is 6.51. The van der Waals surface area contributed by atoms with Crippen molar-refractivity contribution >= 4 is 16.7 Å². The molecule has 5 heteroatoms. The van der Waals surface area contributed by atoms with Gasteiger partial charge in [0.15, 0.2) is 5.78 Å². The Morgan fingerprint density at radius 2 is 1.96 bits per heavy atom. The topological polar surface area (TPSA) is 51.0 Å². The van der Waals surface area contributed by atoms with Crippen LogP contribution in [0.15, 0.2) is 24.4 Å². The number of H-pyrrole nitrogens is 1. The molecular weight excluding hydrogens is 338 g/mol. The van der Waals surface area contributed by atoms with E-state index < -0.39 is 0 Å². The lowest BCUT2D eigenvalue weighted by Crippen LogP contribution is -3.41. The van der Waals surface area contributed by atoms with E-state index in [0.29, 0.717) is 11.9 Å². The second kappa shape index (κ2) is 5.82. The normalized spacial score (nSPS) is 37.3. The van der Waals surface area contributed by atoms with Crippen LogP contribution >= 0.6 is 0 Å². The van der Waals surface area contributed by atoms with Gasteiger partial charge in [-0.2, -0.15) is 0 Å². The zero-order valence-corrected chi connectivity index (χ0v) is 16.7. The Labute approximate surface area is 160 Å². The smallest absolute Gasteiger partial charge is 0.242 e. The van der Waals surface area contributed by atoms with Crippen molar-refractivity contribution < 1.29 is 19.3 Å². The number of aromatic amines is 1. The van der Waals surface area contributed by atoms with Crippen molar-refractivity contribution in [3.8, 4) is 5.75 Å². The average molecular weight is 370 g/mol. The first-order valence-corrected chi connectivity index (χ1v) is 10.4. The minimum Gasteiger partial charge on any atom is -0.497 e. The van der Waals surface area contributed by atoms with Crippen LogP contribution in [0.1, 0.15) is 44.8 Å². The van der Waals surface area contributed by atoms with Gasteiger partial charge in [-0.15, -0.1) is 0 Å². The summed E-state index contributed by atoms with van der Waals surface area (Å²) in [6, 6.07) is 6.28. The first-order valence-electron chi connectivity index (χ1n) is 10.4. The van der Waals surface area contributed by atoms with Crippen molar-refractivity contribution in [3.63, 3.8) is 0 Å². The van der Waals surface area contributed by atoms with Crippen molar-refractivity contribution in [1.82, 2.24) is 4.98 Å². The van der Waals surface area contributed by atoms with Crippen LogP contribution in [0.25, 0.3) is 10.9 Å². The van der Waals surface area contributed by atoms with E-state index in [-0.39, 0.29) is 10.8 Å². The molecule has 4 fully saturated rings. The molecular formula is C22H31N3O2+2. The molecule has 144 valence electrons. The monoisotopic (exact) mass is 369 g/mol. The van der Waals surface area contributed by atoms with E-state index in [1.165, 1.54) is 22.9 Å². The van der Waals surface area contributed by atoms with Crippen molar-refractivity contribution in [2.24, 2.45) is 10.8 Å². The van der Waals surface area contributed by atoms with Crippen LogP contribution in [0.3, 0.4) is 0 Å². The van der Waals surface area contributed by atoms with E-state index in [0.717, 1.165) is 44.8 Å². The first kappa shape index (κ1) is 17.3. The molecule has 4 aliphatic rings. The number of fused-ring (bicyclic) bond motifs is 1.